The van der Waals surface area contributed by atoms with Crippen molar-refractivity contribution in [3.05, 3.63) is 35.9 Å². The normalized spacial score (nSPS) is 10.2. The van der Waals surface area contributed by atoms with Gasteiger partial charge in [0.1, 0.15) is 0 Å². The number of nitrogens with two attached hydrogens (primary N) is 1. The first-order valence-corrected chi connectivity index (χ1v) is 4.79. The molecule has 1 aromatic carbocycles. The Kier molecular flexibility index (Phi) is 5.22. The lowest BCUT2D eigenvalue weighted by Gasteiger charge is -2.02. The van der Waals surface area contributed by atoms with Crippen molar-refractivity contribution in [2.24, 2.45) is 5.73 Å². The Bertz CT molecular complexity index is 209. The number of benzene rings is 1. The topological polar surface area (TPSA) is 38.0 Å². The van der Waals surface area contributed by atoms with E-state index in [1.54, 1.807) is 0 Å². The first-order valence-electron chi connectivity index (χ1n) is 4.79. The van der Waals surface area contributed by atoms with Gasteiger partial charge in [-0.3, -0.25) is 0 Å². The molecule has 0 aliphatic carbocycles. The summed E-state index contributed by atoms with van der Waals surface area (Å²) in [5, 5.41) is 3.27. The Morgan fingerprint density at radius 1 is 1.23 bits per heavy atom. The molecule has 71 valence electrons. The molecule has 0 amide bonds. The molecule has 0 aliphatic heterocycles. The van der Waals surface area contributed by atoms with E-state index in [-0.39, 0.29) is 0 Å². The van der Waals surface area contributed by atoms with Gasteiger partial charge in [0.25, 0.3) is 0 Å². The van der Waals surface area contributed by atoms with Crippen molar-refractivity contribution in [2.45, 2.75) is 12.8 Å². The Labute approximate surface area is 80.1 Å². The van der Waals surface area contributed by atoms with Gasteiger partial charge < -0.3 is 11.1 Å². The Morgan fingerprint density at radius 3 is 2.69 bits per heavy atom. The monoisotopic (exact) mass is 177 g/mol. The zero-order valence-electron chi connectivity index (χ0n) is 7.92. The molecule has 0 unspecified atom stereocenters. The summed E-state index contributed by atoms with van der Waals surface area (Å²) in [6.07, 6.45) is 2.30. The molecule has 2 nitrogen and oxygen atoms in total. The Balaban J connectivity index is 2.07. The standard InChI is InChI=1S/C11H17N2/c12-8-10-13-9-4-7-11-5-2-1-3-6-11/h2-3,5-6,13H,4,7-10,12H2. The summed E-state index contributed by atoms with van der Waals surface area (Å²) in [6.45, 7) is 2.69. The highest BCUT2D eigenvalue weighted by Crippen LogP contribution is 2.00. The summed E-state index contributed by atoms with van der Waals surface area (Å²) in [5.74, 6) is 0. The predicted molar refractivity (Wildman–Crippen MR) is 55.5 cm³/mol. The van der Waals surface area contributed by atoms with Crippen molar-refractivity contribution < 1.29 is 0 Å². The summed E-state index contributed by atoms with van der Waals surface area (Å²) >= 11 is 0. The predicted octanol–water partition coefficient (Wildman–Crippen LogP) is 0.968. The summed E-state index contributed by atoms with van der Waals surface area (Å²) in [4.78, 5) is 0. The molecule has 0 bridgehead atoms. The third kappa shape index (κ3) is 4.65. The molecule has 0 heterocycles. The summed E-state index contributed by atoms with van der Waals surface area (Å²) < 4.78 is 0. The number of rotatable bonds is 6. The average molecular weight is 177 g/mol. The van der Waals surface area contributed by atoms with Gasteiger partial charge in [0.15, 0.2) is 0 Å². The van der Waals surface area contributed by atoms with Crippen molar-refractivity contribution >= 4 is 0 Å². The van der Waals surface area contributed by atoms with E-state index in [9.17, 15) is 0 Å². The van der Waals surface area contributed by atoms with Crippen LogP contribution in [-0.2, 0) is 6.42 Å². The molecule has 0 spiro atoms. The van der Waals surface area contributed by atoms with Crippen LogP contribution in [0.3, 0.4) is 0 Å². The molecule has 0 saturated carbocycles. The van der Waals surface area contributed by atoms with E-state index in [4.69, 9.17) is 5.73 Å². The Morgan fingerprint density at radius 2 is 2.00 bits per heavy atom. The maximum Gasteiger partial charge on any atom is 0.00745 e. The Hall–Kier alpha value is -0.860. The molecule has 0 aromatic heterocycles. The minimum Gasteiger partial charge on any atom is -0.329 e. The molecule has 0 fully saturated rings. The quantitative estimate of drug-likeness (QED) is 0.635. The fourth-order valence-corrected chi connectivity index (χ4v) is 1.23. The molecule has 1 radical (unpaired) electrons. The molecule has 1 aromatic rings. The second-order valence-corrected chi connectivity index (χ2v) is 3.05. The second kappa shape index (κ2) is 6.63. The van der Waals surface area contributed by atoms with Crippen LogP contribution < -0.4 is 11.1 Å². The molecule has 3 N–H and O–H groups in total. The minimum absolute atomic E-state index is 0.723. The van der Waals surface area contributed by atoms with Gasteiger partial charge in [-0.05, 0) is 31.0 Å². The van der Waals surface area contributed by atoms with Crippen molar-refractivity contribution in [1.29, 1.82) is 0 Å². The number of hydrogen-bond donors (Lipinski definition) is 2. The van der Waals surface area contributed by atoms with Gasteiger partial charge in [0.05, 0.1) is 0 Å². The van der Waals surface area contributed by atoms with Gasteiger partial charge in [0.2, 0.25) is 0 Å². The lowest BCUT2D eigenvalue weighted by atomic mass is 10.1. The van der Waals surface area contributed by atoms with Gasteiger partial charge in [0, 0.05) is 13.1 Å². The van der Waals surface area contributed by atoms with E-state index in [1.807, 2.05) is 12.1 Å². The third-order valence-electron chi connectivity index (χ3n) is 1.93. The number of hydrogen-bond acceptors (Lipinski definition) is 2. The van der Waals surface area contributed by atoms with E-state index in [0.717, 1.165) is 26.1 Å². The zero-order chi connectivity index (χ0) is 9.36. The molecular weight excluding hydrogens is 160 g/mol. The van der Waals surface area contributed by atoms with Crippen LogP contribution in [0.4, 0.5) is 0 Å². The van der Waals surface area contributed by atoms with E-state index in [0.29, 0.717) is 0 Å². The van der Waals surface area contributed by atoms with Crippen LogP contribution in [0.15, 0.2) is 24.3 Å². The molecule has 0 saturated heterocycles. The van der Waals surface area contributed by atoms with Gasteiger partial charge in [-0.15, -0.1) is 0 Å². The van der Waals surface area contributed by atoms with E-state index < -0.39 is 0 Å². The van der Waals surface area contributed by atoms with Gasteiger partial charge >= 0.3 is 0 Å². The van der Waals surface area contributed by atoms with Crippen molar-refractivity contribution in [3.63, 3.8) is 0 Å². The van der Waals surface area contributed by atoms with Gasteiger partial charge in [-0.1, -0.05) is 24.3 Å². The van der Waals surface area contributed by atoms with E-state index in [2.05, 4.69) is 23.5 Å². The van der Waals surface area contributed by atoms with Crippen LogP contribution in [0.5, 0.6) is 0 Å². The smallest absolute Gasteiger partial charge is 0.00745 e. The molecule has 0 aliphatic rings. The maximum absolute atomic E-state index is 5.36. The zero-order valence-corrected chi connectivity index (χ0v) is 7.92. The molecule has 13 heavy (non-hydrogen) atoms. The third-order valence-corrected chi connectivity index (χ3v) is 1.93. The SMILES string of the molecule is NCCNCCCc1cc[c]cc1. The van der Waals surface area contributed by atoms with Crippen LogP contribution in [0.25, 0.3) is 0 Å². The first kappa shape index (κ1) is 10.2. The lowest BCUT2D eigenvalue weighted by molar-refractivity contribution is 0.653. The van der Waals surface area contributed by atoms with Crippen LogP contribution in [-0.4, -0.2) is 19.6 Å². The fourth-order valence-electron chi connectivity index (χ4n) is 1.23. The first-order chi connectivity index (χ1) is 6.43. The van der Waals surface area contributed by atoms with Crippen LogP contribution in [0, 0.1) is 6.07 Å². The van der Waals surface area contributed by atoms with Gasteiger partial charge in [-0.2, -0.15) is 0 Å². The van der Waals surface area contributed by atoms with Crippen molar-refractivity contribution in [3.8, 4) is 0 Å². The second-order valence-electron chi connectivity index (χ2n) is 3.05. The molecular formula is C11H17N2. The highest BCUT2D eigenvalue weighted by Gasteiger charge is 1.90. The highest BCUT2D eigenvalue weighted by molar-refractivity contribution is 5.13. The summed E-state index contributed by atoms with van der Waals surface area (Å²) in [5.41, 5.74) is 6.74. The maximum atomic E-state index is 5.36. The van der Waals surface area contributed by atoms with E-state index >= 15 is 0 Å². The minimum atomic E-state index is 0.723. The fraction of sp³-hybridized carbons (Fsp3) is 0.455. The molecule has 1 rings (SSSR count). The van der Waals surface area contributed by atoms with Crippen LogP contribution >= 0.6 is 0 Å². The van der Waals surface area contributed by atoms with Crippen molar-refractivity contribution in [1.82, 2.24) is 5.32 Å². The number of nitrogens with one attached hydrogen (secondary N) is 1. The van der Waals surface area contributed by atoms with Crippen LogP contribution in [0.2, 0.25) is 0 Å². The van der Waals surface area contributed by atoms with Crippen LogP contribution in [0.1, 0.15) is 12.0 Å². The van der Waals surface area contributed by atoms with E-state index in [1.165, 1.54) is 12.0 Å². The molecule has 2 heteroatoms. The average Bonchev–Trinajstić information content (AvgIpc) is 2.19. The van der Waals surface area contributed by atoms with Gasteiger partial charge in [-0.25, -0.2) is 0 Å². The lowest BCUT2D eigenvalue weighted by Crippen LogP contribution is -2.23. The highest BCUT2D eigenvalue weighted by atomic mass is 14.9. The van der Waals surface area contributed by atoms with Crippen molar-refractivity contribution in [2.75, 3.05) is 19.6 Å². The summed E-state index contributed by atoms with van der Waals surface area (Å²) in [7, 11) is 0. The number of aryl methyl sites for hydroxylation is 1. The largest absolute Gasteiger partial charge is 0.329 e. The summed E-state index contributed by atoms with van der Waals surface area (Å²) in [6, 6.07) is 11.2. The molecule has 0 atom stereocenters.